The molecule has 100 valence electrons. The van der Waals surface area contributed by atoms with Gasteiger partial charge in [-0.25, -0.2) is 0 Å². The first kappa shape index (κ1) is 14.9. The molecule has 1 saturated carbocycles. The Morgan fingerprint density at radius 3 is 2.82 bits per heavy atom. The number of carbonyl (C=O) groups is 1. The van der Waals surface area contributed by atoms with Gasteiger partial charge < -0.3 is 5.11 Å². The predicted molar refractivity (Wildman–Crippen MR) is 74.6 cm³/mol. The van der Waals surface area contributed by atoms with Gasteiger partial charge in [0.1, 0.15) is 0 Å². The van der Waals surface area contributed by atoms with Gasteiger partial charge in [-0.15, -0.1) is 0 Å². The number of aliphatic carboxylic acids is 1. The maximum atomic E-state index is 11.6. The van der Waals surface area contributed by atoms with Crippen molar-refractivity contribution in [2.45, 2.75) is 58.8 Å². The first-order chi connectivity index (χ1) is 8.14. The van der Waals surface area contributed by atoms with Gasteiger partial charge in [-0.1, -0.05) is 33.1 Å². The topological polar surface area (TPSA) is 37.3 Å². The van der Waals surface area contributed by atoms with Crippen molar-refractivity contribution in [1.29, 1.82) is 0 Å². The van der Waals surface area contributed by atoms with Crippen molar-refractivity contribution in [2.75, 3.05) is 11.5 Å². The number of carboxylic acids is 1. The Morgan fingerprint density at radius 2 is 2.24 bits per heavy atom. The van der Waals surface area contributed by atoms with Gasteiger partial charge in [0, 0.05) is 0 Å². The van der Waals surface area contributed by atoms with Crippen LogP contribution in [0.5, 0.6) is 0 Å². The van der Waals surface area contributed by atoms with Crippen molar-refractivity contribution < 1.29 is 9.90 Å². The molecule has 2 unspecified atom stereocenters. The number of carboxylic acid groups (broad SMARTS) is 1. The first-order valence-corrected chi connectivity index (χ1v) is 8.11. The van der Waals surface area contributed by atoms with Crippen molar-refractivity contribution in [3.63, 3.8) is 0 Å². The second-order valence-corrected chi connectivity index (χ2v) is 6.65. The fraction of sp³-hybridized carbons (Fsp3) is 0.929. The molecule has 0 aliphatic heterocycles. The highest BCUT2D eigenvalue weighted by atomic mass is 32.2. The Kier molecular flexibility index (Phi) is 6.39. The minimum Gasteiger partial charge on any atom is -0.481 e. The third-order valence-electron chi connectivity index (χ3n) is 4.13. The molecule has 1 rings (SSSR count). The molecule has 0 amide bonds. The van der Waals surface area contributed by atoms with E-state index in [1.54, 1.807) is 0 Å². The average Bonchev–Trinajstić information content (AvgIpc) is 2.35. The van der Waals surface area contributed by atoms with E-state index in [4.69, 9.17) is 0 Å². The largest absolute Gasteiger partial charge is 0.481 e. The van der Waals surface area contributed by atoms with Gasteiger partial charge in [-0.05, 0) is 43.1 Å². The Bertz CT molecular complexity index is 242. The molecular formula is C14H26O2S. The highest BCUT2D eigenvalue weighted by Crippen LogP contribution is 2.44. The summed E-state index contributed by atoms with van der Waals surface area (Å²) >= 11 is 1.92. The van der Waals surface area contributed by atoms with Crippen LogP contribution < -0.4 is 0 Å². The Balaban J connectivity index is 2.52. The first-order valence-electron chi connectivity index (χ1n) is 6.95. The molecule has 2 atom stereocenters. The Labute approximate surface area is 110 Å². The molecule has 1 fully saturated rings. The van der Waals surface area contributed by atoms with E-state index in [0.717, 1.165) is 50.0 Å². The summed E-state index contributed by atoms with van der Waals surface area (Å²) < 4.78 is 0. The molecule has 0 saturated heterocycles. The SMILES string of the molecule is CCSCCCC1(C(=O)O)CCCC(CC)C1. The highest BCUT2D eigenvalue weighted by molar-refractivity contribution is 7.99. The van der Waals surface area contributed by atoms with Gasteiger partial charge in [-0.2, -0.15) is 11.8 Å². The molecule has 0 bridgehead atoms. The van der Waals surface area contributed by atoms with Crippen molar-refractivity contribution in [1.82, 2.24) is 0 Å². The van der Waals surface area contributed by atoms with Crippen LogP contribution in [0.1, 0.15) is 58.8 Å². The lowest BCUT2D eigenvalue weighted by molar-refractivity contribution is -0.152. The summed E-state index contributed by atoms with van der Waals surface area (Å²) in [4.78, 5) is 11.6. The van der Waals surface area contributed by atoms with E-state index in [9.17, 15) is 9.90 Å². The van der Waals surface area contributed by atoms with Gasteiger partial charge in [0.05, 0.1) is 5.41 Å². The average molecular weight is 258 g/mol. The molecule has 0 heterocycles. The molecule has 1 aliphatic rings. The van der Waals surface area contributed by atoms with Crippen molar-refractivity contribution in [2.24, 2.45) is 11.3 Å². The fourth-order valence-electron chi connectivity index (χ4n) is 3.02. The normalized spacial score (nSPS) is 29.2. The zero-order valence-corrected chi connectivity index (χ0v) is 12.0. The van der Waals surface area contributed by atoms with Crippen molar-refractivity contribution >= 4 is 17.7 Å². The van der Waals surface area contributed by atoms with E-state index in [2.05, 4.69) is 13.8 Å². The number of thioether (sulfide) groups is 1. The summed E-state index contributed by atoms with van der Waals surface area (Å²) in [6.45, 7) is 4.35. The van der Waals surface area contributed by atoms with Gasteiger partial charge >= 0.3 is 5.97 Å². The van der Waals surface area contributed by atoms with Crippen LogP contribution in [0.25, 0.3) is 0 Å². The molecule has 3 heteroatoms. The predicted octanol–water partition coefficient (Wildman–Crippen LogP) is 4.19. The molecule has 0 aromatic heterocycles. The third kappa shape index (κ3) is 4.20. The standard InChI is InChI=1S/C14H26O2S/c1-3-12-7-5-8-14(11-12,13(15)16)9-6-10-17-4-2/h12H,3-11H2,1-2H3,(H,15,16). The highest BCUT2D eigenvalue weighted by Gasteiger charge is 2.41. The lowest BCUT2D eigenvalue weighted by Gasteiger charge is -2.37. The fourth-order valence-corrected chi connectivity index (χ4v) is 3.66. The van der Waals surface area contributed by atoms with E-state index in [1.807, 2.05) is 11.8 Å². The maximum Gasteiger partial charge on any atom is 0.309 e. The number of hydrogen-bond donors (Lipinski definition) is 1. The van der Waals surface area contributed by atoms with Crippen LogP contribution in [0.15, 0.2) is 0 Å². The van der Waals surface area contributed by atoms with Crippen LogP contribution >= 0.6 is 11.8 Å². The summed E-state index contributed by atoms with van der Waals surface area (Å²) in [6, 6.07) is 0. The van der Waals surface area contributed by atoms with E-state index in [0.29, 0.717) is 5.92 Å². The van der Waals surface area contributed by atoms with Crippen LogP contribution in [0, 0.1) is 11.3 Å². The van der Waals surface area contributed by atoms with Crippen LogP contribution in [0.2, 0.25) is 0 Å². The summed E-state index contributed by atoms with van der Waals surface area (Å²) in [5.74, 6) is 2.34. The van der Waals surface area contributed by atoms with Gasteiger partial charge in [0.15, 0.2) is 0 Å². The lowest BCUT2D eigenvalue weighted by atomic mass is 9.67. The van der Waals surface area contributed by atoms with Crippen molar-refractivity contribution in [3.05, 3.63) is 0 Å². The molecule has 1 aliphatic carbocycles. The molecular weight excluding hydrogens is 232 g/mol. The van der Waals surface area contributed by atoms with E-state index in [1.165, 1.54) is 6.42 Å². The molecule has 2 nitrogen and oxygen atoms in total. The van der Waals surface area contributed by atoms with Crippen LogP contribution in [0.4, 0.5) is 0 Å². The minimum absolute atomic E-state index is 0.396. The van der Waals surface area contributed by atoms with Crippen LogP contribution in [0.3, 0.4) is 0 Å². The molecule has 1 N–H and O–H groups in total. The lowest BCUT2D eigenvalue weighted by Crippen LogP contribution is -2.36. The number of hydrogen-bond acceptors (Lipinski definition) is 2. The van der Waals surface area contributed by atoms with E-state index in [-0.39, 0.29) is 0 Å². The summed E-state index contributed by atoms with van der Waals surface area (Å²) in [5.41, 5.74) is -0.396. The second-order valence-electron chi connectivity index (χ2n) is 5.26. The minimum atomic E-state index is -0.544. The molecule has 0 spiro atoms. The van der Waals surface area contributed by atoms with E-state index < -0.39 is 11.4 Å². The molecule has 0 aromatic carbocycles. The van der Waals surface area contributed by atoms with E-state index >= 15 is 0 Å². The quantitative estimate of drug-likeness (QED) is 0.696. The zero-order valence-electron chi connectivity index (χ0n) is 11.2. The summed E-state index contributed by atoms with van der Waals surface area (Å²) in [6.07, 6.45) is 7.22. The van der Waals surface area contributed by atoms with Gasteiger partial charge in [0.25, 0.3) is 0 Å². The monoisotopic (exact) mass is 258 g/mol. The summed E-state index contributed by atoms with van der Waals surface area (Å²) in [5, 5.41) is 9.55. The van der Waals surface area contributed by atoms with Crippen molar-refractivity contribution in [3.8, 4) is 0 Å². The third-order valence-corrected chi connectivity index (χ3v) is 5.11. The van der Waals surface area contributed by atoms with Crippen LogP contribution in [-0.4, -0.2) is 22.6 Å². The molecule has 0 radical (unpaired) electrons. The molecule has 0 aromatic rings. The Hall–Kier alpha value is -0.180. The smallest absolute Gasteiger partial charge is 0.309 e. The second kappa shape index (κ2) is 7.30. The number of rotatable bonds is 7. The Morgan fingerprint density at radius 1 is 1.47 bits per heavy atom. The van der Waals surface area contributed by atoms with Gasteiger partial charge in [0.2, 0.25) is 0 Å². The maximum absolute atomic E-state index is 11.6. The summed E-state index contributed by atoms with van der Waals surface area (Å²) in [7, 11) is 0. The zero-order chi connectivity index (χ0) is 12.7. The molecule has 17 heavy (non-hydrogen) atoms. The van der Waals surface area contributed by atoms with Gasteiger partial charge in [-0.3, -0.25) is 4.79 Å². The van der Waals surface area contributed by atoms with Crippen LogP contribution in [-0.2, 0) is 4.79 Å².